The minimum Gasteiger partial charge on any atom is -0.359 e. The predicted octanol–water partition coefficient (Wildman–Crippen LogP) is -0.409. The Morgan fingerprint density at radius 1 is 1.40 bits per heavy atom. The van der Waals surface area contributed by atoms with Crippen molar-refractivity contribution in [1.82, 2.24) is 15.0 Å². The molecule has 0 bridgehead atoms. The Labute approximate surface area is 119 Å². The summed E-state index contributed by atoms with van der Waals surface area (Å²) in [5.41, 5.74) is 5.17. The van der Waals surface area contributed by atoms with Gasteiger partial charge in [-0.25, -0.2) is 13.1 Å². The van der Waals surface area contributed by atoms with Gasteiger partial charge in [0.25, 0.3) is 0 Å². The maximum absolute atomic E-state index is 12.1. The highest BCUT2D eigenvalue weighted by molar-refractivity contribution is 7.89. The zero-order valence-corrected chi connectivity index (χ0v) is 12.6. The SMILES string of the molecule is CNC(=O)C(C)(C)CNS(=O)(=O)c1ccc(CN)nc1. The van der Waals surface area contributed by atoms with Crippen molar-refractivity contribution in [2.24, 2.45) is 11.1 Å². The molecule has 0 radical (unpaired) electrons. The first-order valence-corrected chi connectivity index (χ1v) is 7.58. The van der Waals surface area contributed by atoms with E-state index < -0.39 is 15.4 Å². The molecule has 20 heavy (non-hydrogen) atoms. The Bertz CT molecular complexity index is 567. The fourth-order valence-corrected chi connectivity index (χ4v) is 2.62. The maximum Gasteiger partial charge on any atom is 0.242 e. The van der Waals surface area contributed by atoms with E-state index in [4.69, 9.17) is 5.73 Å². The number of nitrogens with two attached hydrogens (primary N) is 1. The zero-order chi connectivity index (χ0) is 15.4. The summed E-state index contributed by atoms with van der Waals surface area (Å²) >= 11 is 0. The standard InChI is InChI=1S/C12H20N4O3S/c1-12(2,11(17)14-3)8-16-20(18,19)10-5-4-9(6-13)15-7-10/h4-5,7,16H,6,8,13H2,1-3H3,(H,14,17). The van der Waals surface area contributed by atoms with Crippen molar-refractivity contribution in [3.05, 3.63) is 24.0 Å². The fourth-order valence-electron chi connectivity index (χ4n) is 1.47. The van der Waals surface area contributed by atoms with Gasteiger partial charge in [0.1, 0.15) is 4.90 Å². The molecule has 1 aromatic rings. The molecule has 112 valence electrons. The first-order valence-electron chi connectivity index (χ1n) is 6.10. The van der Waals surface area contributed by atoms with E-state index in [9.17, 15) is 13.2 Å². The number of nitrogens with one attached hydrogen (secondary N) is 2. The third-order valence-electron chi connectivity index (χ3n) is 2.86. The van der Waals surface area contributed by atoms with Crippen LogP contribution in [-0.2, 0) is 21.4 Å². The van der Waals surface area contributed by atoms with Gasteiger partial charge in [-0.3, -0.25) is 9.78 Å². The average Bonchev–Trinajstić information content (AvgIpc) is 2.44. The lowest BCUT2D eigenvalue weighted by Gasteiger charge is -2.22. The van der Waals surface area contributed by atoms with E-state index in [0.717, 1.165) is 0 Å². The molecule has 0 saturated heterocycles. The minimum absolute atomic E-state index is 0.00630. The first-order chi connectivity index (χ1) is 9.23. The Morgan fingerprint density at radius 2 is 2.05 bits per heavy atom. The molecule has 4 N–H and O–H groups in total. The smallest absolute Gasteiger partial charge is 0.242 e. The highest BCUT2D eigenvalue weighted by Crippen LogP contribution is 2.15. The first kappa shape index (κ1) is 16.5. The lowest BCUT2D eigenvalue weighted by Crippen LogP contribution is -2.43. The fraction of sp³-hybridized carbons (Fsp3) is 0.500. The molecular weight excluding hydrogens is 280 g/mol. The van der Waals surface area contributed by atoms with Crippen LogP contribution in [0, 0.1) is 5.41 Å². The maximum atomic E-state index is 12.1. The van der Waals surface area contributed by atoms with Gasteiger partial charge in [-0.05, 0) is 26.0 Å². The van der Waals surface area contributed by atoms with E-state index in [-0.39, 0.29) is 23.9 Å². The number of hydrogen-bond donors (Lipinski definition) is 3. The van der Waals surface area contributed by atoms with Crippen LogP contribution >= 0.6 is 0 Å². The Balaban J connectivity index is 2.82. The van der Waals surface area contributed by atoms with Crippen LogP contribution in [0.15, 0.2) is 23.2 Å². The summed E-state index contributed by atoms with van der Waals surface area (Å²) in [6.45, 7) is 3.55. The van der Waals surface area contributed by atoms with Crippen molar-refractivity contribution in [3.63, 3.8) is 0 Å². The summed E-state index contributed by atoms with van der Waals surface area (Å²) in [6.07, 6.45) is 1.25. The largest absolute Gasteiger partial charge is 0.359 e. The molecule has 0 atom stereocenters. The molecule has 1 rings (SSSR count). The summed E-state index contributed by atoms with van der Waals surface area (Å²) in [6, 6.07) is 2.99. The van der Waals surface area contributed by atoms with E-state index >= 15 is 0 Å². The second kappa shape index (κ2) is 6.29. The number of rotatable bonds is 6. The van der Waals surface area contributed by atoms with Gasteiger partial charge < -0.3 is 11.1 Å². The number of pyridine rings is 1. The highest BCUT2D eigenvalue weighted by Gasteiger charge is 2.28. The van der Waals surface area contributed by atoms with Gasteiger partial charge in [-0.15, -0.1) is 0 Å². The van der Waals surface area contributed by atoms with Gasteiger partial charge in [-0.2, -0.15) is 0 Å². The van der Waals surface area contributed by atoms with Crippen molar-refractivity contribution in [1.29, 1.82) is 0 Å². The normalized spacial score (nSPS) is 12.2. The Morgan fingerprint density at radius 3 is 2.50 bits per heavy atom. The number of sulfonamides is 1. The van der Waals surface area contributed by atoms with Crippen LogP contribution in [0.4, 0.5) is 0 Å². The van der Waals surface area contributed by atoms with Gasteiger partial charge >= 0.3 is 0 Å². The van der Waals surface area contributed by atoms with Gasteiger partial charge in [0.2, 0.25) is 15.9 Å². The van der Waals surface area contributed by atoms with Crippen molar-refractivity contribution >= 4 is 15.9 Å². The van der Waals surface area contributed by atoms with Gasteiger partial charge in [0.15, 0.2) is 0 Å². The van der Waals surface area contributed by atoms with Crippen LogP contribution in [0.5, 0.6) is 0 Å². The number of aromatic nitrogens is 1. The third-order valence-corrected chi connectivity index (χ3v) is 4.25. The number of carbonyl (C=O) groups excluding carboxylic acids is 1. The molecule has 0 unspecified atom stereocenters. The topological polar surface area (TPSA) is 114 Å². The van der Waals surface area contributed by atoms with Gasteiger partial charge in [0, 0.05) is 26.3 Å². The van der Waals surface area contributed by atoms with Crippen LogP contribution in [0.3, 0.4) is 0 Å². The van der Waals surface area contributed by atoms with E-state index in [1.54, 1.807) is 19.9 Å². The van der Waals surface area contributed by atoms with Gasteiger partial charge in [-0.1, -0.05) is 0 Å². The highest BCUT2D eigenvalue weighted by atomic mass is 32.2. The number of hydrogen-bond acceptors (Lipinski definition) is 5. The van der Waals surface area contributed by atoms with Crippen molar-refractivity contribution in [3.8, 4) is 0 Å². The molecule has 0 spiro atoms. The molecular formula is C12H20N4O3S. The molecule has 0 aromatic carbocycles. The summed E-state index contributed by atoms with van der Waals surface area (Å²) in [5.74, 6) is -0.239. The molecule has 1 aromatic heterocycles. The lowest BCUT2D eigenvalue weighted by molar-refractivity contribution is -0.128. The summed E-state index contributed by atoms with van der Waals surface area (Å²) < 4.78 is 26.6. The van der Waals surface area contributed by atoms with Crippen LogP contribution in [0.1, 0.15) is 19.5 Å². The monoisotopic (exact) mass is 300 g/mol. The zero-order valence-electron chi connectivity index (χ0n) is 11.8. The minimum atomic E-state index is -3.69. The molecule has 8 heteroatoms. The van der Waals surface area contributed by atoms with Crippen LogP contribution in [0.2, 0.25) is 0 Å². The lowest BCUT2D eigenvalue weighted by atomic mass is 9.93. The molecule has 7 nitrogen and oxygen atoms in total. The van der Waals surface area contributed by atoms with Crippen molar-refractivity contribution in [2.75, 3.05) is 13.6 Å². The second-order valence-corrected chi connectivity index (χ2v) is 6.74. The molecule has 0 aliphatic rings. The molecule has 1 amide bonds. The summed E-state index contributed by atoms with van der Waals surface area (Å²) in [4.78, 5) is 15.6. The Hall–Kier alpha value is -1.51. The number of carbonyl (C=O) groups is 1. The van der Waals surface area contributed by atoms with Crippen LogP contribution in [0.25, 0.3) is 0 Å². The van der Waals surface area contributed by atoms with E-state index in [1.165, 1.54) is 19.3 Å². The van der Waals surface area contributed by atoms with E-state index in [1.807, 2.05) is 0 Å². The van der Waals surface area contributed by atoms with Crippen LogP contribution in [-0.4, -0.2) is 32.9 Å². The molecule has 1 heterocycles. The Kier molecular flexibility index (Phi) is 5.21. The number of amides is 1. The molecule has 0 fully saturated rings. The molecule has 0 aliphatic heterocycles. The van der Waals surface area contributed by atoms with E-state index in [0.29, 0.717) is 5.69 Å². The quantitative estimate of drug-likeness (QED) is 0.661. The van der Waals surface area contributed by atoms with E-state index in [2.05, 4.69) is 15.0 Å². The predicted molar refractivity (Wildman–Crippen MR) is 75.2 cm³/mol. The summed E-state index contributed by atoms with van der Waals surface area (Å²) in [5, 5.41) is 2.50. The number of nitrogens with zero attached hydrogens (tertiary/aromatic N) is 1. The molecule has 0 saturated carbocycles. The molecule has 0 aliphatic carbocycles. The third kappa shape index (κ3) is 3.99. The van der Waals surface area contributed by atoms with Gasteiger partial charge in [0.05, 0.1) is 11.1 Å². The summed E-state index contributed by atoms with van der Waals surface area (Å²) in [7, 11) is -2.19. The van der Waals surface area contributed by atoms with Crippen molar-refractivity contribution in [2.45, 2.75) is 25.3 Å². The van der Waals surface area contributed by atoms with Crippen LogP contribution < -0.4 is 15.8 Å². The average molecular weight is 300 g/mol. The second-order valence-electron chi connectivity index (χ2n) is 4.98. The van der Waals surface area contributed by atoms with Crippen molar-refractivity contribution < 1.29 is 13.2 Å².